The molecular formula is C46H98O15. The van der Waals surface area contributed by atoms with Crippen molar-refractivity contribution in [3.05, 3.63) is 0 Å². The number of unbranched alkanes of at least 4 members (excludes halogenated alkanes) is 1. The van der Waals surface area contributed by atoms with E-state index in [4.69, 9.17) is 58.0 Å². The average Bonchev–Trinajstić information content (AvgIpc) is 3.10. The Bertz CT molecular complexity index is 985. The number of hydrogen-bond donors (Lipinski definition) is 3. The summed E-state index contributed by atoms with van der Waals surface area (Å²) in [6, 6.07) is 0. The predicted molar refractivity (Wildman–Crippen MR) is 244 cm³/mol. The molecule has 0 aliphatic heterocycles. The zero-order valence-corrected chi connectivity index (χ0v) is 38.7. The molecule has 3 N–H and O–H groups in total. The fraction of sp³-hybridized carbons (Fsp3) is 0.935. The van der Waals surface area contributed by atoms with Crippen LogP contribution in [-0.4, -0.2) is 149 Å². The maximum absolute atomic E-state index is 12.1. The number of ether oxygens (including phenoxy) is 9. The second kappa shape index (κ2) is 42.0. The highest BCUT2D eigenvalue weighted by molar-refractivity contribution is 5.76. The summed E-state index contributed by atoms with van der Waals surface area (Å²) in [6.07, 6.45) is 4.83. The van der Waals surface area contributed by atoms with Crippen molar-refractivity contribution in [2.45, 2.75) is 168 Å². The Hall–Kier alpha value is -1.95. The summed E-state index contributed by atoms with van der Waals surface area (Å²) in [7, 11) is 0. The van der Waals surface area contributed by atoms with Crippen molar-refractivity contribution in [3.63, 3.8) is 0 Å². The first-order valence-corrected chi connectivity index (χ1v) is 20.9. The van der Waals surface area contributed by atoms with E-state index in [1.165, 1.54) is 0 Å². The molecule has 0 aromatic heterocycles. The molecule has 61 heavy (non-hydrogen) atoms. The second-order valence-corrected chi connectivity index (χ2v) is 17.4. The third-order valence-corrected chi connectivity index (χ3v) is 7.41. The van der Waals surface area contributed by atoms with Crippen LogP contribution in [0.5, 0.6) is 0 Å². The Morgan fingerprint density at radius 1 is 0.459 bits per heavy atom. The highest BCUT2D eigenvalue weighted by Crippen LogP contribution is 2.25. The first-order valence-electron chi connectivity index (χ1n) is 20.9. The molecule has 15 nitrogen and oxygen atoms in total. The second-order valence-electron chi connectivity index (χ2n) is 17.4. The molecule has 0 heterocycles. The molecule has 15 heteroatoms. The van der Waals surface area contributed by atoms with Crippen LogP contribution in [-0.2, 0) is 57.0 Å². The minimum atomic E-state index is -0.556. The molecule has 0 aromatic rings. The lowest BCUT2D eigenvalue weighted by molar-refractivity contribution is -0.167. The van der Waals surface area contributed by atoms with Crippen molar-refractivity contribution in [3.8, 4) is 0 Å². The summed E-state index contributed by atoms with van der Waals surface area (Å²) in [5, 5.41) is 25.6. The van der Waals surface area contributed by atoms with Gasteiger partial charge in [-0.15, -0.1) is 0 Å². The Kier molecular flexibility index (Phi) is 48.7. The van der Waals surface area contributed by atoms with E-state index in [0.29, 0.717) is 98.5 Å². The predicted octanol–water partition coefficient (Wildman–Crippen LogP) is 7.61. The van der Waals surface area contributed by atoms with Gasteiger partial charge in [0.15, 0.2) is 0 Å². The van der Waals surface area contributed by atoms with Crippen molar-refractivity contribution < 1.29 is 72.3 Å². The number of carbonyl (C=O) groups excluding carboxylic acids is 3. The van der Waals surface area contributed by atoms with E-state index in [2.05, 4.69) is 6.92 Å². The molecule has 0 radical (unpaired) electrons. The third kappa shape index (κ3) is 52.3. The van der Waals surface area contributed by atoms with Gasteiger partial charge < -0.3 is 58.0 Å². The van der Waals surface area contributed by atoms with Crippen LogP contribution in [0.15, 0.2) is 0 Å². The van der Waals surface area contributed by atoms with E-state index in [1.807, 2.05) is 83.1 Å². The molecule has 0 aliphatic rings. The van der Waals surface area contributed by atoms with E-state index in [0.717, 1.165) is 19.3 Å². The van der Waals surface area contributed by atoms with Crippen molar-refractivity contribution in [2.75, 3.05) is 99.1 Å². The molecule has 0 spiro atoms. The molecule has 372 valence electrons. The van der Waals surface area contributed by atoms with Crippen molar-refractivity contribution in [2.24, 2.45) is 17.3 Å². The van der Waals surface area contributed by atoms with Gasteiger partial charge in [0.25, 0.3) is 0 Å². The molecule has 0 aromatic carbocycles. The first kappa shape index (κ1) is 70.7. The molecular weight excluding hydrogens is 792 g/mol. The normalized spacial score (nSPS) is 12.4. The highest BCUT2D eigenvalue weighted by atomic mass is 16.6. The lowest BCUT2D eigenvalue weighted by Gasteiger charge is -2.28. The van der Waals surface area contributed by atoms with Crippen LogP contribution in [0.3, 0.4) is 0 Å². The maximum Gasteiger partial charge on any atom is 0.312 e. The monoisotopic (exact) mass is 891 g/mol. The van der Waals surface area contributed by atoms with Gasteiger partial charge in [-0.3, -0.25) is 14.4 Å². The van der Waals surface area contributed by atoms with E-state index >= 15 is 0 Å². The Morgan fingerprint density at radius 3 is 1.16 bits per heavy atom. The van der Waals surface area contributed by atoms with Gasteiger partial charge in [0.2, 0.25) is 0 Å². The quantitative estimate of drug-likeness (QED) is 0.0362. The van der Waals surface area contributed by atoms with Gasteiger partial charge in [0, 0.05) is 19.8 Å². The molecule has 0 saturated heterocycles. The fourth-order valence-corrected chi connectivity index (χ4v) is 4.23. The van der Waals surface area contributed by atoms with Crippen LogP contribution >= 0.6 is 0 Å². The number of esters is 3. The molecule has 0 amide bonds. The van der Waals surface area contributed by atoms with Crippen LogP contribution in [0.2, 0.25) is 0 Å². The van der Waals surface area contributed by atoms with E-state index in [1.54, 1.807) is 0 Å². The third-order valence-electron chi connectivity index (χ3n) is 7.41. The minimum Gasteiger partial charge on any atom is -0.460 e. The van der Waals surface area contributed by atoms with Gasteiger partial charge in [0.1, 0.15) is 16.8 Å². The Labute approximate surface area is 373 Å². The summed E-state index contributed by atoms with van der Waals surface area (Å²) in [6.45, 7) is 29.8. The van der Waals surface area contributed by atoms with E-state index < -0.39 is 22.2 Å². The summed E-state index contributed by atoms with van der Waals surface area (Å²) in [4.78, 5) is 35.7. The van der Waals surface area contributed by atoms with Crippen LogP contribution in [0.4, 0.5) is 0 Å². The lowest BCUT2D eigenvalue weighted by Crippen LogP contribution is -2.34. The van der Waals surface area contributed by atoms with Crippen molar-refractivity contribution >= 4 is 17.9 Å². The van der Waals surface area contributed by atoms with Gasteiger partial charge in [-0.25, -0.2) is 0 Å². The maximum atomic E-state index is 12.1. The number of aliphatic hydroxyl groups is 3. The number of hydrogen-bond acceptors (Lipinski definition) is 15. The van der Waals surface area contributed by atoms with Gasteiger partial charge in [-0.05, 0) is 102 Å². The van der Waals surface area contributed by atoms with Gasteiger partial charge in [-0.2, -0.15) is 0 Å². The van der Waals surface area contributed by atoms with Crippen LogP contribution < -0.4 is 0 Å². The zero-order chi connectivity index (χ0) is 45.1. The van der Waals surface area contributed by atoms with E-state index in [9.17, 15) is 14.4 Å². The number of rotatable bonds is 30. The topological polar surface area (TPSA) is 195 Å². The van der Waals surface area contributed by atoms with Crippen LogP contribution in [0.25, 0.3) is 0 Å². The SMILES string of the molecule is C.C.C.CC(C)(C)OC(=O)C(C)(C)CCOCCOCCO.CC(CCOCCOCCO)C(=O)OC(C)(C)C.CCCCC(CCOCCOCCO)C(=O)OC(C)(C)C. The zero-order valence-electron chi connectivity index (χ0n) is 38.7. The van der Waals surface area contributed by atoms with Gasteiger partial charge >= 0.3 is 17.9 Å². The van der Waals surface area contributed by atoms with Gasteiger partial charge in [0.05, 0.1) is 96.5 Å². The Morgan fingerprint density at radius 2 is 0.803 bits per heavy atom. The molecule has 0 rings (SSSR count). The molecule has 2 atom stereocenters. The molecule has 0 aliphatic carbocycles. The lowest BCUT2D eigenvalue weighted by atomic mass is 9.89. The molecule has 0 bridgehead atoms. The average molecular weight is 891 g/mol. The molecule has 0 saturated carbocycles. The number of aliphatic hydroxyl groups excluding tert-OH is 3. The molecule has 2 unspecified atom stereocenters. The van der Waals surface area contributed by atoms with Crippen molar-refractivity contribution in [1.29, 1.82) is 0 Å². The summed E-state index contributed by atoms with van der Waals surface area (Å²) >= 11 is 0. The summed E-state index contributed by atoms with van der Waals surface area (Å²) < 4.78 is 47.4. The standard InChI is InChI=1S/C16H32O5.C14H28O5.C13H26O5.3CH4/c1-5-6-7-14(15(18)21-16(2,3)4)8-10-19-12-13-20-11-9-17;1-13(2,3)19-12(16)14(4,5)6-8-17-10-11-18-9-7-15;1-11(12(15)18-13(2,3)4)5-7-16-9-10-17-8-6-14;;;/h14,17H,5-13H2,1-4H3;15H,6-11H2,1-5H3;11,14H,5-10H2,1-4H3;3*1H4. The Balaban J connectivity index is -0.000000182. The minimum absolute atomic E-state index is 0. The largest absolute Gasteiger partial charge is 0.460 e. The smallest absolute Gasteiger partial charge is 0.312 e. The summed E-state index contributed by atoms with van der Waals surface area (Å²) in [5.41, 5.74) is -1.91. The fourth-order valence-electron chi connectivity index (χ4n) is 4.23. The summed E-state index contributed by atoms with van der Waals surface area (Å²) in [5.74, 6) is -0.788. The van der Waals surface area contributed by atoms with E-state index in [-0.39, 0.29) is 71.8 Å². The van der Waals surface area contributed by atoms with Crippen LogP contribution in [0.1, 0.15) is 151 Å². The highest BCUT2D eigenvalue weighted by Gasteiger charge is 2.32. The first-order chi connectivity index (χ1) is 27.0. The van der Waals surface area contributed by atoms with Crippen molar-refractivity contribution in [1.82, 2.24) is 0 Å². The van der Waals surface area contributed by atoms with Crippen LogP contribution in [0, 0.1) is 17.3 Å². The number of carbonyl (C=O) groups is 3. The molecule has 0 fully saturated rings. The van der Waals surface area contributed by atoms with Gasteiger partial charge in [-0.1, -0.05) is 49.0 Å².